The smallest absolute Gasteiger partial charge is 0.330 e. The van der Waals surface area contributed by atoms with Crippen LogP contribution >= 0.6 is 0 Å². The van der Waals surface area contributed by atoms with Crippen LogP contribution in [0, 0.1) is 0 Å². The van der Waals surface area contributed by atoms with Crippen molar-refractivity contribution in [1.82, 2.24) is 9.55 Å². The minimum absolute atomic E-state index is 0.00395. The summed E-state index contributed by atoms with van der Waals surface area (Å²) >= 11 is 0. The highest BCUT2D eigenvalue weighted by Crippen LogP contribution is 2.21. The standard InChI is InChI=1S/C19H26N4O4/c1-4-5-12-23-17(20)16(18(25)21-19(23)26)22(2)15(24)11-10-13-8-6-7-9-14(13)27-3/h6-9H,4-5,10-12,20H2,1-3H3,(H,21,25,26). The van der Waals surface area contributed by atoms with Gasteiger partial charge in [-0.05, 0) is 24.5 Å². The van der Waals surface area contributed by atoms with Gasteiger partial charge >= 0.3 is 5.69 Å². The maximum absolute atomic E-state index is 12.6. The van der Waals surface area contributed by atoms with Gasteiger partial charge in [0, 0.05) is 20.0 Å². The van der Waals surface area contributed by atoms with Gasteiger partial charge in [-0.15, -0.1) is 0 Å². The number of amides is 1. The Balaban J connectivity index is 2.23. The third-order valence-corrected chi connectivity index (χ3v) is 4.46. The van der Waals surface area contributed by atoms with Crippen LogP contribution in [0.5, 0.6) is 5.75 Å². The summed E-state index contributed by atoms with van der Waals surface area (Å²) in [6, 6.07) is 7.45. The summed E-state index contributed by atoms with van der Waals surface area (Å²) < 4.78 is 6.59. The molecule has 0 spiro atoms. The average Bonchev–Trinajstić information content (AvgIpc) is 2.65. The first-order valence-electron chi connectivity index (χ1n) is 8.91. The molecular formula is C19H26N4O4. The number of aromatic amines is 1. The summed E-state index contributed by atoms with van der Waals surface area (Å²) in [7, 11) is 3.06. The van der Waals surface area contributed by atoms with E-state index in [2.05, 4.69) is 4.98 Å². The molecule has 0 fully saturated rings. The van der Waals surface area contributed by atoms with Crippen molar-refractivity contribution in [2.45, 2.75) is 39.2 Å². The topological polar surface area (TPSA) is 110 Å². The predicted octanol–water partition coefficient (Wildman–Crippen LogP) is 1.52. The lowest BCUT2D eigenvalue weighted by Crippen LogP contribution is -2.39. The predicted molar refractivity (Wildman–Crippen MR) is 105 cm³/mol. The molecule has 146 valence electrons. The maximum atomic E-state index is 12.6. The summed E-state index contributed by atoms with van der Waals surface area (Å²) in [4.78, 5) is 40.3. The molecule has 0 atom stereocenters. The number of nitrogen functional groups attached to an aromatic ring is 1. The zero-order valence-corrected chi connectivity index (χ0v) is 15.9. The first-order valence-corrected chi connectivity index (χ1v) is 8.91. The number of unbranched alkanes of at least 4 members (excludes halogenated alkanes) is 1. The fraction of sp³-hybridized carbons (Fsp3) is 0.421. The highest BCUT2D eigenvalue weighted by atomic mass is 16.5. The van der Waals surface area contributed by atoms with Gasteiger partial charge in [-0.1, -0.05) is 31.5 Å². The molecule has 3 N–H and O–H groups in total. The van der Waals surface area contributed by atoms with E-state index < -0.39 is 11.2 Å². The Labute approximate surface area is 157 Å². The second-order valence-corrected chi connectivity index (χ2v) is 6.26. The van der Waals surface area contributed by atoms with Crippen LogP contribution in [0.3, 0.4) is 0 Å². The Morgan fingerprint density at radius 3 is 2.67 bits per heavy atom. The molecule has 1 heterocycles. The highest BCUT2D eigenvalue weighted by Gasteiger charge is 2.21. The number of aromatic nitrogens is 2. The molecule has 1 aromatic carbocycles. The van der Waals surface area contributed by atoms with Crippen molar-refractivity contribution in [2.75, 3.05) is 24.8 Å². The SMILES string of the molecule is CCCCn1c(N)c(N(C)C(=O)CCc2ccccc2OC)c(=O)[nH]c1=O. The quantitative estimate of drug-likeness (QED) is 0.728. The van der Waals surface area contributed by atoms with E-state index in [4.69, 9.17) is 10.5 Å². The van der Waals surface area contributed by atoms with Gasteiger partial charge < -0.3 is 15.4 Å². The van der Waals surface area contributed by atoms with Crippen LogP contribution in [0.25, 0.3) is 0 Å². The number of rotatable bonds is 8. The fourth-order valence-electron chi connectivity index (χ4n) is 2.88. The van der Waals surface area contributed by atoms with Crippen LogP contribution in [-0.2, 0) is 17.8 Å². The molecule has 0 aliphatic heterocycles. The van der Waals surface area contributed by atoms with Gasteiger partial charge in [0.15, 0.2) is 5.69 Å². The number of H-pyrrole nitrogens is 1. The fourth-order valence-corrected chi connectivity index (χ4v) is 2.88. The number of para-hydroxylation sites is 1. The molecule has 2 rings (SSSR count). The molecule has 0 unspecified atom stereocenters. The van der Waals surface area contributed by atoms with E-state index in [-0.39, 0.29) is 23.8 Å². The Bertz CT molecular complexity index is 917. The van der Waals surface area contributed by atoms with Gasteiger partial charge in [0.25, 0.3) is 5.56 Å². The molecule has 27 heavy (non-hydrogen) atoms. The van der Waals surface area contributed by atoms with Crippen LogP contribution in [0.2, 0.25) is 0 Å². The number of benzene rings is 1. The maximum Gasteiger partial charge on any atom is 0.330 e. The number of nitrogens with two attached hydrogens (primary N) is 1. The van der Waals surface area contributed by atoms with E-state index in [1.165, 1.54) is 16.5 Å². The third-order valence-electron chi connectivity index (χ3n) is 4.46. The molecular weight excluding hydrogens is 348 g/mol. The zero-order valence-electron chi connectivity index (χ0n) is 15.9. The van der Waals surface area contributed by atoms with Crippen LogP contribution in [0.1, 0.15) is 31.7 Å². The summed E-state index contributed by atoms with van der Waals surface area (Å²) in [5.41, 5.74) is 5.71. The Kier molecular flexibility index (Phi) is 6.81. The lowest BCUT2D eigenvalue weighted by Gasteiger charge is -2.20. The van der Waals surface area contributed by atoms with Gasteiger partial charge in [-0.2, -0.15) is 0 Å². The van der Waals surface area contributed by atoms with Crippen LogP contribution in [-0.4, -0.2) is 29.6 Å². The second-order valence-electron chi connectivity index (χ2n) is 6.26. The molecule has 8 nitrogen and oxygen atoms in total. The van der Waals surface area contributed by atoms with Crippen LogP contribution < -0.4 is 26.6 Å². The van der Waals surface area contributed by atoms with Crippen LogP contribution in [0.4, 0.5) is 11.5 Å². The number of carbonyl (C=O) groups is 1. The van der Waals surface area contributed by atoms with E-state index in [1.807, 2.05) is 31.2 Å². The molecule has 1 amide bonds. The summed E-state index contributed by atoms with van der Waals surface area (Å²) in [6.45, 7) is 2.37. The molecule has 8 heteroatoms. The largest absolute Gasteiger partial charge is 0.496 e. The number of hydrogen-bond acceptors (Lipinski definition) is 5. The molecule has 1 aromatic heterocycles. The number of carbonyl (C=O) groups excluding carboxylic acids is 1. The number of ether oxygens (including phenoxy) is 1. The number of nitrogens with zero attached hydrogens (tertiary/aromatic N) is 2. The summed E-state index contributed by atoms with van der Waals surface area (Å²) in [6.07, 6.45) is 2.24. The average molecular weight is 374 g/mol. The number of methoxy groups -OCH3 is 1. The van der Waals surface area contributed by atoms with E-state index in [1.54, 1.807) is 7.11 Å². The second kappa shape index (κ2) is 9.07. The van der Waals surface area contributed by atoms with Crippen molar-refractivity contribution in [1.29, 1.82) is 0 Å². The van der Waals surface area contributed by atoms with Crippen molar-refractivity contribution < 1.29 is 9.53 Å². The van der Waals surface area contributed by atoms with E-state index in [0.717, 1.165) is 18.4 Å². The van der Waals surface area contributed by atoms with Crippen molar-refractivity contribution in [3.63, 3.8) is 0 Å². The highest BCUT2D eigenvalue weighted by molar-refractivity contribution is 5.95. The van der Waals surface area contributed by atoms with Crippen molar-refractivity contribution in [3.8, 4) is 5.75 Å². The van der Waals surface area contributed by atoms with E-state index in [0.29, 0.717) is 18.7 Å². The molecule has 0 bridgehead atoms. The first kappa shape index (κ1) is 20.3. The minimum Gasteiger partial charge on any atom is -0.496 e. The number of nitrogens with one attached hydrogen (secondary N) is 1. The van der Waals surface area contributed by atoms with Crippen molar-refractivity contribution in [2.24, 2.45) is 0 Å². The monoisotopic (exact) mass is 374 g/mol. The van der Waals surface area contributed by atoms with Gasteiger partial charge in [-0.3, -0.25) is 19.1 Å². The summed E-state index contributed by atoms with van der Waals surface area (Å²) in [5, 5.41) is 0. The molecule has 2 aromatic rings. The van der Waals surface area contributed by atoms with Gasteiger partial charge in [0.2, 0.25) is 5.91 Å². The van der Waals surface area contributed by atoms with Gasteiger partial charge in [-0.25, -0.2) is 4.79 Å². The lowest BCUT2D eigenvalue weighted by atomic mass is 10.1. The lowest BCUT2D eigenvalue weighted by molar-refractivity contribution is -0.118. The normalized spacial score (nSPS) is 10.6. The van der Waals surface area contributed by atoms with Gasteiger partial charge in [0.1, 0.15) is 11.6 Å². The molecule has 0 saturated carbocycles. The molecule has 0 aliphatic carbocycles. The zero-order chi connectivity index (χ0) is 20.0. The number of hydrogen-bond donors (Lipinski definition) is 2. The van der Waals surface area contributed by atoms with Crippen molar-refractivity contribution in [3.05, 3.63) is 50.7 Å². The Morgan fingerprint density at radius 1 is 1.30 bits per heavy atom. The number of aryl methyl sites for hydroxylation is 1. The molecule has 0 aliphatic rings. The third kappa shape index (κ3) is 4.58. The van der Waals surface area contributed by atoms with E-state index in [9.17, 15) is 14.4 Å². The van der Waals surface area contributed by atoms with Crippen LogP contribution in [0.15, 0.2) is 33.9 Å². The van der Waals surface area contributed by atoms with Gasteiger partial charge in [0.05, 0.1) is 7.11 Å². The van der Waals surface area contributed by atoms with Crippen molar-refractivity contribution >= 4 is 17.4 Å². The summed E-state index contributed by atoms with van der Waals surface area (Å²) in [5.74, 6) is 0.433. The van der Waals surface area contributed by atoms with E-state index >= 15 is 0 Å². The first-order chi connectivity index (χ1) is 12.9. The Hall–Kier alpha value is -3.03. The number of anilines is 2. The minimum atomic E-state index is -0.668. The molecule has 0 saturated heterocycles. The molecule has 0 radical (unpaired) electrons. The Morgan fingerprint density at radius 2 is 2.00 bits per heavy atom.